The number of sulfonamides is 1. The Morgan fingerprint density at radius 1 is 1.25 bits per heavy atom. The maximum absolute atomic E-state index is 11.8. The van der Waals surface area contributed by atoms with E-state index in [1.807, 2.05) is 23.9 Å². The predicted molar refractivity (Wildman–Crippen MR) is 89.3 cm³/mol. The summed E-state index contributed by atoms with van der Waals surface area (Å²) >= 11 is 1.95. The molecule has 5 heteroatoms. The zero-order chi connectivity index (χ0) is 15.4. The van der Waals surface area contributed by atoms with E-state index in [4.69, 9.17) is 5.14 Å². The standard InChI is InChI=1S/C15H27NO2S2/c1-14(2,3)19-12-8-6-10-13-9-5-7-11-15(13,4)20(16,17)18/h5,7,9,11,13H,6,8,10,12H2,1-4H3,(H2,16,17,18)/t13?,15-/m1/s1. The zero-order valence-electron chi connectivity index (χ0n) is 12.9. The lowest BCUT2D eigenvalue weighted by Crippen LogP contribution is -2.45. The van der Waals surface area contributed by atoms with E-state index in [0.29, 0.717) is 4.75 Å². The predicted octanol–water partition coefficient (Wildman–Crippen LogP) is 3.48. The average Bonchev–Trinajstić information content (AvgIpc) is 2.28. The van der Waals surface area contributed by atoms with Crippen LogP contribution in [0, 0.1) is 5.92 Å². The molecule has 0 bridgehead atoms. The minimum Gasteiger partial charge on any atom is -0.228 e. The lowest BCUT2D eigenvalue weighted by Gasteiger charge is -2.33. The molecule has 0 aliphatic heterocycles. The Labute approximate surface area is 128 Å². The third-order valence-corrected chi connectivity index (χ3v) is 6.70. The second kappa shape index (κ2) is 6.67. The van der Waals surface area contributed by atoms with E-state index in [-0.39, 0.29) is 5.92 Å². The van der Waals surface area contributed by atoms with E-state index in [1.54, 1.807) is 19.1 Å². The summed E-state index contributed by atoms with van der Waals surface area (Å²) in [7, 11) is -3.58. The van der Waals surface area contributed by atoms with Gasteiger partial charge in [0.15, 0.2) is 0 Å². The van der Waals surface area contributed by atoms with Crippen LogP contribution in [0.15, 0.2) is 24.3 Å². The Morgan fingerprint density at radius 3 is 2.45 bits per heavy atom. The first-order valence-electron chi connectivity index (χ1n) is 7.08. The van der Waals surface area contributed by atoms with Crippen LogP contribution in [0.5, 0.6) is 0 Å². The monoisotopic (exact) mass is 317 g/mol. The van der Waals surface area contributed by atoms with Crippen LogP contribution in [0.2, 0.25) is 0 Å². The molecule has 0 aromatic carbocycles. The van der Waals surface area contributed by atoms with Crippen LogP contribution in [0.1, 0.15) is 47.0 Å². The molecule has 2 atom stereocenters. The van der Waals surface area contributed by atoms with Gasteiger partial charge in [0, 0.05) is 10.7 Å². The Hall–Kier alpha value is -0.260. The molecule has 0 radical (unpaired) electrons. The van der Waals surface area contributed by atoms with Gasteiger partial charge in [0.2, 0.25) is 10.0 Å². The van der Waals surface area contributed by atoms with Crippen LogP contribution >= 0.6 is 11.8 Å². The van der Waals surface area contributed by atoms with Gasteiger partial charge in [-0.3, -0.25) is 0 Å². The zero-order valence-corrected chi connectivity index (χ0v) is 14.6. The van der Waals surface area contributed by atoms with Crippen molar-refractivity contribution in [3.8, 4) is 0 Å². The number of hydrogen-bond donors (Lipinski definition) is 1. The van der Waals surface area contributed by atoms with Gasteiger partial charge in [-0.2, -0.15) is 11.8 Å². The Balaban J connectivity index is 2.50. The van der Waals surface area contributed by atoms with Crippen molar-refractivity contribution >= 4 is 21.8 Å². The Morgan fingerprint density at radius 2 is 1.90 bits per heavy atom. The molecular formula is C15H27NO2S2. The Kier molecular flexibility index (Phi) is 5.93. The van der Waals surface area contributed by atoms with Crippen molar-refractivity contribution in [2.45, 2.75) is 56.5 Å². The SMILES string of the molecule is CC(C)(C)SCCCCC1C=CC=C[C@@]1(C)S(N)(=O)=O. The normalized spacial score (nSPS) is 26.9. The van der Waals surface area contributed by atoms with Crippen LogP contribution in [0.4, 0.5) is 0 Å². The number of allylic oxidation sites excluding steroid dienone is 3. The number of thioether (sulfide) groups is 1. The van der Waals surface area contributed by atoms with Crippen molar-refractivity contribution in [1.82, 2.24) is 0 Å². The molecule has 0 heterocycles. The van der Waals surface area contributed by atoms with Crippen molar-refractivity contribution in [1.29, 1.82) is 0 Å². The highest BCUT2D eigenvalue weighted by molar-refractivity contribution is 8.00. The van der Waals surface area contributed by atoms with E-state index < -0.39 is 14.8 Å². The molecule has 2 N–H and O–H groups in total. The molecular weight excluding hydrogens is 290 g/mol. The van der Waals surface area contributed by atoms with E-state index in [1.165, 1.54) is 0 Å². The highest BCUT2D eigenvalue weighted by atomic mass is 32.2. The molecule has 116 valence electrons. The van der Waals surface area contributed by atoms with Gasteiger partial charge in [-0.25, -0.2) is 13.6 Å². The van der Waals surface area contributed by atoms with Gasteiger partial charge in [-0.05, 0) is 25.5 Å². The Bertz CT molecular complexity index is 475. The molecule has 0 saturated carbocycles. The van der Waals surface area contributed by atoms with Crippen molar-refractivity contribution in [2.75, 3.05) is 5.75 Å². The fourth-order valence-corrected chi connectivity index (χ4v) is 4.14. The lowest BCUT2D eigenvalue weighted by molar-refractivity contribution is 0.453. The maximum atomic E-state index is 11.8. The number of nitrogens with two attached hydrogens (primary N) is 1. The molecule has 0 saturated heterocycles. The van der Waals surface area contributed by atoms with Crippen molar-refractivity contribution in [2.24, 2.45) is 11.1 Å². The van der Waals surface area contributed by atoms with Crippen molar-refractivity contribution in [3.05, 3.63) is 24.3 Å². The van der Waals surface area contributed by atoms with Crippen molar-refractivity contribution in [3.63, 3.8) is 0 Å². The topological polar surface area (TPSA) is 60.2 Å². The highest BCUT2D eigenvalue weighted by Gasteiger charge is 2.41. The molecule has 0 aromatic rings. The van der Waals surface area contributed by atoms with E-state index in [9.17, 15) is 8.42 Å². The molecule has 1 aliphatic rings. The third kappa shape index (κ3) is 4.93. The smallest absolute Gasteiger partial charge is 0.218 e. The minimum atomic E-state index is -3.58. The first kappa shape index (κ1) is 17.8. The molecule has 0 fully saturated rings. The summed E-state index contributed by atoms with van der Waals surface area (Å²) in [5.41, 5.74) is 0. The van der Waals surface area contributed by atoms with Gasteiger partial charge in [0.05, 0.1) is 0 Å². The van der Waals surface area contributed by atoms with Crippen LogP contribution in [-0.4, -0.2) is 23.7 Å². The third-order valence-electron chi connectivity index (χ3n) is 3.68. The number of rotatable bonds is 6. The van der Waals surface area contributed by atoms with Gasteiger partial charge in [0.1, 0.15) is 4.75 Å². The largest absolute Gasteiger partial charge is 0.228 e. The molecule has 1 unspecified atom stereocenters. The van der Waals surface area contributed by atoms with Gasteiger partial charge < -0.3 is 0 Å². The van der Waals surface area contributed by atoms with E-state index >= 15 is 0 Å². The first-order chi connectivity index (χ1) is 9.06. The molecule has 20 heavy (non-hydrogen) atoms. The quantitative estimate of drug-likeness (QED) is 0.763. The molecule has 1 rings (SSSR count). The van der Waals surface area contributed by atoms with Crippen LogP contribution in [-0.2, 0) is 10.0 Å². The summed E-state index contributed by atoms with van der Waals surface area (Å²) in [6.07, 6.45) is 10.4. The molecule has 0 aromatic heterocycles. The van der Waals surface area contributed by atoms with Gasteiger partial charge in [0.25, 0.3) is 0 Å². The fraction of sp³-hybridized carbons (Fsp3) is 0.733. The summed E-state index contributed by atoms with van der Waals surface area (Å²) in [5.74, 6) is 1.09. The van der Waals surface area contributed by atoms with Crippen molar-refractivity contribution < 1.29 is 8.42 Å². The fourth-order valence-electron chi connectivity index (χ4n) is 2.29. The van der Waals surface area contributed by atoms with E-state index in [0.717, 1.165) is 25.0 Å². The summed E-state index contributed by atoms with van der Waals surface area (Å²) in [5, 5.41) is 5.41. The highest BCUT2D eigenvalue weighted by Crippen LogP contribution is 2.34. The molecule has 1 aliphatic carbocycles. The number of primary sulfonamides is 1. The lowest BCUT2D eigenvalue weighted by atomic mass is 9.85. The number of hydrogen-bond acceptors (Lipinski definition) is 3. The number of unbranched alkanes of at least 4 members (excludes halogenated alkanes) is 1. The molecule has 0 amide bonds. The second-order valence-corrected chi connectivity index (χ2v) is 10.4. The summed E-state index contributed by atoms with van der Waals surface area (Å²) in [4.78, 5) is 0. The maximum Gasteiger partial charge on any atom is 0.218 e. The van der Waals surface area contributed by atoms with Gasteiger partial charge in [-0.1, -0.05) is 51.5 Å². The van der Waals surface area contributed by atoms with Gasteiger partial charge in [-0.15, -0.1) is 0 Å². The molecule has 0 spiro atoms. The van der Waals surface area contributed by atoms with E-state index in [2.05, 4.69) is 20.8 Å². The molecule has 3 nitrogen and oxygen atoms in total. The van der Waals surface area contributed by atoms with Crippen LogP contribution < -0.4 is 5.14 Å². The van der Waals surface area contributed by atoms with Gasteiger partial charge >= 0.3 is 0 Å². The summed E-state index contributed by atoms with van der Waals surface area (Å²) < 4.78 is 23.0. The average molecular weight is 318 g/mol. The second-order valence-electron chi connectivity index (χ2n) is 6.54. The minimum absolute atomic E-state index is 0.0258. The van der Waals surface area contributed by atoms with Crippen LogP contribution in [0.25, 0.3) is 0 Å². The first-order valence-corrected chi connectivity index (χ1v) is 9.62. The summed E-state index contributed by atoms with van der Waals surface area (Å²) in [6, 6.07) is 0. The summed E-state index contributed by atoms with van der Waals surface area (Å²) in [6.45, 7) is 8.36. The van der Waals surface area contributed by atoms with Crippen LogP contribution in [0.3, 0.4) is 0 Å².